The molecule has 0 spiro atoms. The van der Waals surface area contributed by atoms with E-state index in [0.29, 0.717) is 18.7 Å². The Bertz CT molecular complexity index is 914. The van der Waals surface area contributed by atoms with Crippen LogP contribution in [0.15, 0.2) is 48.6 Å². The molecule has 7 nitrogen and oxygen atoms in total. The molecule has 0 bridgehead atoms. The van der Waals surface area contributed by atoms with E-state index in [1.165, 1.54) is 0 Å². The van der Waals surface area contributed by atoms with E-state index in [1.807, 2.05) is 31.4 Å². The maximum Gasteiger partial charge on any atom is 0.245 e. The van der Waals surface area contributed by atoms with E-state index in [1.54, 1.807) is 21.8 Å². The second-order valence-corrected chi connectivity index (χ2v) is 7.98. The molecule has 0 aliphatic carbocycles. The molecule has 2 heterocycles. The minimum absolute atomic E-state index is 0.240. The summed E-state index contributed by atoms with van der Waals surface area (Å²) in [6.07, 6.45) is 5.46. The molecule has 138 valence electrons. The summed E-state index contributed by atoms with van der Waals surface area (Å²) in [4.78, 5) is 14.6. The first-order valence-corrected chi connectivity index (χ1v) is 9.97. The van der Waals surface area contributed by atoms with E-state index in [-0.39, 0.29) is 5.91 Å². The van der Waals surface area contributed by atoms with Gasteiger partial charge in [-0.15, -0.1) is 0 Å². The van der Waals surface area contributed by atoms with Crippen LogP contribution in [-0.4, -0.2) is 42.1 Å². The number of carbonyl (C=O) groups is 1. The summed E-state index contributed by atoms with van der Waals surface area (Å²) < 4.78 is 28.2. The van der Waals surface area contributed by atoms with Gasteiger partial charge < -0.3 is 4.90 Å². The van der Waals surface area contributed by atoms with Gasteiger partial charge in [0.1, 0.15) is 6.04 Å². The Morgan fingerprint density at radius 3 is 2.65 bits per heavy atom. The van der Waals surface area contributed by atoms with E-state index in [2.05, 4.69) is 16.4 Å². The van der Waals surface area contributed by atoms with E-state index in [4.69, 9.17) is 0 Å². The van der Waals surface area contributed by atoms with Crippen molar-refractivity contribution >= 4 is 15.9 Å². The first kappa shape index (κ1) is 18.3. The molecule has 1 atom stereocenters. The van der Waals surface area contributed by atoms with Gasteiger partial charge in [-0.25, -0.2) is 8.42 Å². The van der Waals surface area contributed by atoms with Crippen molar-refractivity contribution in [2.24, 2.45) is 7.05 Å². The fourth-order valence-electron chi connectivity index (χ4n) is 3.06. The van der Waals surface area contributed by atoms with E-state index in [0.717, 1.165) is 29.4 Å². The third kappa shape index (κ3) is 4.03. The zero-order valence-corrected chi connectivity index (χ0v) is 15.4. The summed E-state index contributed by atoms with van der Waals surface area (Å²) in [5.74, 6) is -0.240. The predicted molar refractivity (Wildman–Crippen MR) is 99.5 cm³/mol. The van der Waals surface area contributed by atoms with Crippen molar-refractivity contribution in [1.29, 1.82) is 0 Å². The number of benzene rings is 1. The standard InChI is InChI=1S/C18H22N4O3S/c1-3-26(24,25)20-17(18(23)22-9-4-5-10-22)15-8-6-7-14(11-15)16-12-19-21(2)13-16/h3,6-8,11-13,17,20H,1,4-5,9-10H2,2H3. The number of hydrogen-bond acceptors (Lipinski definition) is 4. The Balaban J connectivity index is 1.98. The first-order valence-electron chi connectivity index (χ1n) is 8.42. The summed E-state index contributed by atoms with van der Waals surface area (Å²) >= 11 is 0. The molecule has 3 rings (SSSR count). The van der Waals surface area contributed by atoms with Crippen LogP contribution < -0.4 is 4.72 Å². The van der Waals surface area contributed by atoms with Gasteiger partial charge in [-0.3, -0.25) is 9.48 Å². The highest BCUT2D eigenvalue weighted by Gasteiger charge is 2.30. The van der Waals surface area contributed by atoms with Crippen molar-refractivity contribution in [3.05, 3.63) is 54.2 Å². The molecule has 2 aromatic rings. The van der Waals surface area contributed by atoms with Gasteiger partial charge in [0.15, 0.2) is 0 Å². The third-order valence-electron chi connectivity index (χ3n) is 4.42. The number of carbonyl (C=O) groups excluding carboxylic acids is 1. The summed E-state index contributed by atoms with van der Waals surface area (Å²) in [5.41, 5.74) is 2.36. The maximum absolute atomic E-state index is 12.9. The van der Waals surface area contributed by atoms with Gasteiger partial charge in [0, 0.05) is 37.3 Å². The third-order valence-corrected chi connectivity index (χ3v) is 5.43. The average molecular weight is 374 g/mol. The SMILES string of the molecule is C=CS(=O)(=O)NC(C(=O)N1CCCC1)c1cccc(-c2cnn(C)c2)c1. The molecular weight excluding hydrogens is 352 g/mol. The lowest BCUT2D eigenvalue weighted by molar-refractivity contribution is -0.132. The van der Waals surface area contributed by atoms with Gasteiger partial charge in [-0.05, 0) is 30.0 Å². The Hall–Kier alpha value is -2.45. The molecule has 1 aliphatic rings. The number of hydrogen-bond donors (Lipinski definition) is 1. The minimum atomic E-state index is -3.76. The Kier molecular flexibility index (Phi) is 5.24. The van der Waals surface area contributed by atoms with Gasteiger partial charge in [0.05, 0.1) is 6.20 Å². The number of nitrogens with zero attached hydrogens (tertiary/aromatic N) is 3. The molecule has 1 amide bonds. The molecular formula is C18H22N4O3S. The largest absolute Gasteiger partial charge is 0.341 e. The minimum Gasteiger partial charge on any atom is -0.341 e. The van der Waals surface area contributed by atoms with Crippen LogP contribution >= 0.6 is 0 Å². The molecule has 0 radical (unpaired) electrons. The zero-order chi connectivity index (χ0) is 18.7. The lowest BCUT2D eigenvalue weighted by Gasteiger charge is -2.24. The van der Waals surface area contributed by atoms with Crippen molar-refractivity contribution < 1.29 is 13.2 Å². The Morgan fingerprint density at radius 1 is 1.31 bits per heavy atom. The van der Waals surface area contributed by atoms with Crippen molar-refractivity contribution in [1.82, 2.24) is 19.4 Å². The van der Waals surface area contributed by atoms with Crippen molar-refractivity contribution in [2.45, 2.75) is 18.9 Å². The second-order valence-electron chi connectivity index (χ2n) is 6.32. The highest BCUT2D eigenvalue weighted by molar-refractivity contribution is 7.92. The molecule has 1 aromatic heterocycles. The Morgan fingerprint density at radius 2 is 2.04 bits per heavy atom. The van der Waals surface area contributed by atoms with Gasteiger partial charge in [0.25, 0.3) is 0 Å². The molecule has 1 fully saturated rings. The molecule has 1 saturated heterocycles. The van der Waals surface area contributed by atoms with Crippen molar-refractivity contribution in [3.8, 4) is 11.1 Å². The summed E-state index contributed by atoms with van der Waals surface area (Å²) in [7, 11) is -1.94. The molecule has 1 N–H and O–H groups in total. The van der Waals surface area contributed by atoms with Gasteiger partial charge in [-0.1, -0.05) is 24.8 Å². The van der Waals surface area contributed by atoms with Crippen LogP contribution in [0.2, 0.25) is 0 Å². The number of aryl methyl sites for hydroxylation is 1. The topological polar surface area (TPSA) is 84.3 Å². The van der Waals surface area contributed by atoms with Gasteiger partial charge in [-0.2, -0.15) is 9.82 Å². The van der Waals surface area contributed by atoms with Crippen LogP contribution in [0.3, 0.4) is 0 Å². The van der Waals surface area contributed by atoms with E-state index in [9.17, 15) is 13.2 Å². The van der Waals surface area contributed by atoms with Gasteiger partial charge in [0.2, 0.25) is 15.9 Å². The van der Waals surface area contributed by atoms with Crippen molar-refractivity contribution in [2.75, 3.05) is 13.1 Å². The smallest absolute Gasteiger partial charge is 0.245 e. The molecule has 1 aliphatic heterocycles. The van der Waals surface area contributed by atoms with Crippen LogP contribution in [0.4, 0.5) is 0 Å². The number of likely N-dealkylation sites (tertiary alicyclic amines) is 1. The van der Waals surface area contributed by atoms with Crippen LogP contribution in [0.25, 0.3) is 11.1 Å². The second kappa shape index (κ2) is 7.43. The highest BCUT2D eigenvalue weighted by Crippen LogP contribution is 2.25. The zero-order valence-electron chi connectivity index (χ0n) is 14.6. The number of nitrogens with one attached hydrogen (secondary N) is 1. The van der Waals surface area contributed by atoms with E-state index >= 15 is 0 Å². The molecule has 1 aromatic carbocycles. The average Bonchev–Trinajstić information content (AvgIpc) is 3.31. The number of sulfonamides is 1. The number of rotatable bonds is 6. The summed E-state index contributed by atoms with van der Waals surface area (Å²) in [6.45, 7) is 4.61. The van der Waals surface area contributed by atoms with Crippen molar-refractivity contribution in [3.63, 3.8) is 0 Å². The molecule has 26 heavy (non-hydrogen) atoms. The summed E-state index contributed by atoms with van der Waals surface area (Å²) in [6, 6.07) is 6.31. The monoisotopic (exact) mass is 374 g/mol. The van der Waals surface area contributed by atoms with Crippen LogP contribution in [-0.2, 0) is 21.9 Å². The lowest BCUT2D eigenvalue weighted by Crippen LogP contribution is -2.41. The van der Waals surface area contributed by atoms with Gasteiger partial charge >= 0.3 is 0 Å². The lowest BCUT2D eigenvalue weighted by atomic mass is 10.0. The number of aromatic nitrogens is 2. The fourth-order valence-corrected chi connectivity index (χ4v) is 3.72. The number of amides is 1. The fraction of sp³-hybridized carbons (Fsp3) is 0.333. The maximum atomic E-state index is 12.9. The Labute approximate surface area is 153 Å². The van der Waals surface area contributed by atoms with Crippen LogP contribution in [0.5, 0.6) is 0 Å². The molecule has 1 unspecified atom stereocenters. The highest BCUT2D eigenvalue weighted by atomic mass is 32.2. The summed E-state index contributed by atoms with van der Waals surface area (Å²) in [5, 5.41) is 4.98. The normalized spacial score (nSPS) is 15.8. The first-order chi connectivity index (χ1) is 12.4. The van der Waals surface area contributed by atoms with E-state index < -0.39 is 16.1 Å². The van der Waals surface area contributed by atoms with Crippen LogP contribution in [0.1, 0.15) is 24.4 Å². The predicted octanol–water partition coefficient (Wildman–Crippen LogP) is 1.81. The molecule has 0 saturated carbocycles. The quantitative estimate of drug-likeness (QED) is 0.836. The molecule has 8 heteroatoms. The van der Waals surface area contributed by atoms with Crippen LogP contribution in [0, 0.1) is 0 Å².